The van der Waals surface area contributed by atoms with Crippen LogP contribution >= 0.6 is 0 Å². The average molecular weight is 494 g/mol. The highest BCUT2D eigenvalue weighted by atomic mass is 16.6. The number of hydrogen-bond acceptors (Lipinski definition) is 8. The Hall–Kier alpha value is -3.05. The molecule has 0 spiro atoms. The number of benzene rings is 1. The van der Waals surface area contributed by atoms with E-state index in [2.05, 4.69) is 58.8 Å². The fraction of sp³-hybridized carbons (Fsp3) is 0.500. The van der Waals surface area contributed by atoms with E-state index < -0.39 is 24.5 Å². The van der Waals surface area contributed by atoms with Crippen LogP contribution in [0.5, 0.6) is 0 Å². The topological polar surface area (TPSA) is 138 Å². The van der Waals surface area contributed by atoms with Crippen LogP contribution in [0.25, 0.3) is 22.2 Å². The Labute approximate surface area is 210 Å². The Morgan fingerprint density at radius 3 is 2.81 bits per heavy atom. The standard InChI is InChI=1S/C26H35N7O3/c1-15(2)32(11-5-4-6-21-30-18-8-7-16(3)12-19(18)31-21)13-20-23(34)24(35)26(36-20)33-14-29-22-17(27)9-10-28-25(22)33/h7-10,12,14-15,20,23-24,26,34-35H,4-6,11,13H2,1-3H3,(H2,27,28)(H,30,31)/t20-,23-,24-,26-/m1/s1. The molecule has 10 nitrogen and oxygen atoms in total. The van der Waals surface area contributed by atoms with E-state index in [1.807, 2.05) is 0 Å². The van der Waals surface area contributed by atoms with Crippen molar-refractivity contribution in [3.05, 3.63) is 48.2 Å². The molecule has 1 fully saturated rings. The van der Waals surface area contributed by atoms with Gasteiger partial charge in [0.05, 0.1) is 23.0 Å². The first-order valence-corrected chi connectivity index (χ1v) is 12.6. The number of H-pyrrole nitrogens is 1. The number of nitrogens with two attached hydrogens (primary N) is 1. The molecule has 36 heavy (non-hydrogen) atoms. The minimum Gasteiger partial charge on any atom is -0.397 e. The molecule has 1 saturated heterocycles. The highest BCUT2D eigenvalue weighted by Crippen LogP contribution is 2.33. The summed E-state index contributed by atoms with van der Waals surface area (Å²) in [6.45, 7) is 7.71. The van der Waals surface area contributed by atoms with Gasteiger partial charge in [0.25, 0.3) is 0 Å². The minimum absolute atomic E-state index is 0.265. The predicted octanol–water partition coefficient (Wildman–Crippen LogP) is 2.55. The number of aliphatic hydroxyl groups excluding tert-OH is 2. The maximum atomic E-state index is 10.8. The Bertz CT molecular complexity index is 1330. The lowest BCUT2D eigenvalue weighted by molar-refractivity contribution is -0.0469. The summed E-state index contributed by atoms with van der Waals surface area (Å²) < 4.78 is 7.81. The van der Waals surface area contributed by atoms with Gasteiger partial charge in [-0.05, 0) is 63.9 Å². The maximum Gasteiger partial charge on any atom is 0.165 e. The quantitative estimate of drug-likeness (QED) is 0.261. The van der Waals surface area contributed by atoms with Gasteiger partial charge in [0.1, 0.15) is 29.7 Å². The van der Waals surface area contributed by atoms with Gasteiger partial charge in [-0.25, -0.2) is 15.0 Å². The number of rotatable bonds is 9. The highest BCUT2D eigenvalue weighted by molar-refractivity contribution is 5.83. The van der Waals surface area contributed by atoms with Gasteiger partial charge in [-0.15, -0.1) is 0 Å². The molecule has 192 valence electrons. The van der Waals surface area contributed by atoms with Crippen LogP contribution in [0.2, 0.25) is 0 Å². The summed E-state index contributed by atoms with van der Waals surface area (Å²) in [5.41, 5.74) is 10.9. The lowest BCUT2D eigenvalue weighted by Gasteiger charge is -2.30. The number of anilines is 1. The molecule has 1 aromatic carbocycles. The molecule has 5 N–H and O–H groups in total. The fourth-order valence-electron chi connectivity index (χ4n) is 4.94. The van der Waals surface area contributed by atoms with E-state index in [9.17, 15) is 10.2 Å². The van der Waals surface area contributed by atoms with Gasteiger partial charge in [-0.1, -0.05) is 6.07 Å². The van der Waals surface area contributed by atoms with Gasteiger partial charge in [0.2, 0.25) is 0 Å². The number of aromatic nitrogens is 5. The first kappa shape index (κ1) is 24.6. The Kier molecular flexibility index (Phi) is 6.94. The molecule has 4 aromatic rings. The summed E-state index contributed by atoms with van der Waals surface area (Å²) in [6, 6.07) is 8.21. The van der Waals surface area contributed by atoms with Crippen LogP contribution in [-0.2, 0) is 11.2 Å². The normalized spacial score (nSPS) is 22.5. The number of nitrogen functional groups attached to an aromatic ring is 1. The summed E-state index contributed by atoms with van der Waals surface area (Å²) >= 11 is 0. The molecule has 0 unspecified atom stereocenters. The summed E-state index contributed by atoms with van der Waals surface area (Å²) in [5.74, 6) is 1.01. The maximum absolute atomic E-state index is 10.8. The van der Waals surface area contributed by atoms with Crippen LogP contribution in [0.4, 0.5) is 5.69 Å². The third-order valence-corrected chi connectivity index (χ3v) is 7.04. The van der Waals surface area contributed by atoms with Crippen LogP contribution in [0.1, 0.15) is 44.3 Å². The Morgan fingerprint density at radius 2 is 2.00 bits per heavy atom. The molecule has 1 aliphatic heterocycles. The first-order chi connectivity index (χ1) is 17.3. The molecule has 3 aromatic heterocycles. The number of aryl methyl sites for hydroxylation is 2. The van der Waals surface area contributed by atoms with E-state index in [0.717, 1.165) is 42.7 Å². The van der Waals surface area contributed by atoms with Crippen molar-refractivity contribution in [3.63, 3.8) is 0 Å². The van der Waals surface area contributed by atoms with Crippen molar-refractivity contribution in [1.82, 2.24) is 29.4 Å². The molecular weight excluding hydrogens is 458 g/mol. The second kappa shape index (κ2) is 10.1. The molecule has 0 amide bonds. The summed E-state index contributed by atoms with van der Waals surface area (Å²) in [4.78, 5) is 19.1. The van der Waals surface area contributed by atoms with E-state index in [4.69, 9.17) is 15.5 Å². The van der Waals surface area contributed by atoms with Gasteiger partial charge in [0, 0.05) is 25.2 Å². The molecule has 0 radical (unpaired) electrons. The van der Waals surface area contributed by atoms with Crippen molar-refractivity contribution < 1.29 is 14.9 Å². The van der Waals surface area contributed by atoms with Crippen LogP contribution in [-0.4, -0.2) is 77.1 Å². The zero-order valence-electron chi connectivity index (χ0n) is 21.0. The van der Waals surface area contributed by atoms with E-state index >= 15 is 0 Å². The van der Waals surface area contributed by atoms with Crippen molar-refractivity contribution in [2.75, 3.05) is 18.8 Å². The van der Waals surface area contributed by atoms with Crippen molar-refractivity contribution in [3.8, 4) is 0 Å². The second-order valence-electron chi connectivity index (χ2n) is 10.0. The Morgan fingerprint density at radius 1 is 1.17 bits per heavy atom. The zero-order chi connectivity index (χ0) is 25.4. The molecule has 0 saturated carbocycles. The van der Waals surface area contributed by atoms with Crippen molar-refractivity contribution in [2.45, 2.75) is 70.6 Å². The molecule has 10 heteroatoms. The molecule has 0 bridgehead atoms. The monoisotopic (exact) mass is 493 g/mol. The van der Waals surface area contributed by atoms with Crippen LogP contribution in [0.3, 0.4) is 0 Å². The van der Waals surface area contributed by atoms with Gasteiger partial charge >= 0.3 is 0 Å². The van der Waals surface area contributed by atoms with Crippen LogP contribution < -0.4 is 5.73 Å². The summed E-state index contributed by atoms with van der Waals surface area (Å²) in [6.07, 6.45) is 2.57. The van der Waals surface area contributed by atoms with Gasteiger partial charge < -0.3 is 25.7 Å². The Balaban J connectivity index is 1.19. The van der Waals surface area contributed by atoms with Crippen molar-refractivity contribution in [2.24, 2.45) is 0 Å². The molecule has 1 aliphatic rings. The fourth-order valence-corrected chi connectivity index (χ4v) is 4.94. The number of nitrogens with zero attached hydrogens (tertiary/aromatic N) is 5. The number of pyridine rings is 1. The van der Waals surface area contributed by atoms with Gasteiger partial charge in [-0.3, -0.25) is 9.47 Å². The van der Waals surface area contributed by atoms with Crippen LogP contribution in [0, 0.1) is 6.92 Å². The number of ether oxygens (including phenoxy) is 1. The largest absolute Gasteiger partial charge is 0.397 e. The number of aromatic amines is 1. The predicted molar refractivity (Wildman–Crippen MR) is 138 cm³/mol. The number of nitrogens with one attached hydrogen (secondary N) is 1. The zero-order valence-corrected chi connectivity index (χ0v) is 21.0. The van der Waals surface area contributed by atoms with Crippen LogP contribution in [0.15, 0.2) is 36.8 Å². The third-order valence-electron chi connectivity index (χ3n) is 7.04. The molecule has 4 heterocycles. The lowest BCUT2D eigenvalue weighted by atomic mass is 10.1. The number of hydrogen-bond donors (Lipinski definition) is 4. The van der Waals surface area contributed by atoms with E-state index in [1.54, 1.807) is 23.2 Å². The molecule has 4 atom stereocenters. The lowest BCUT2D eigenvalue weighted by Crippen LogP contribution is -2.43. The molecule has 0 aliphatic carbocycles. The molecular formula is C26H35N7O3. The van der Waals surface area contributed by atoms with Crippen molar-refractivity contribution in [1.29, 1.82) is 0 Å². The summed E-state index contributed by atoms with van der Waals surface area (Å²) in [7, 11) is 0. The van der Waals surface area contributed by atoms with Crippen molar-refractivity contribution >= 4 is 27.9 Å². The van der Waals surface area contributed by atoms with E-state index in [0.29, 0.717) is 23.4 Å². The SMILES string of the molecule is Cc1ccc2[nH]c(CCCCN(C[C@H]3O[C@@H](n4cnc5c(N)ccnc54)[C@H](O)[C@@H]3O)C(C)C)nc2c1. The molecule has 5 rings (SSSR count). The third kappa shape index (κ3) is 4.81. The minimum atomic E-state index is -1.10. The number of fused-ring (bicyclic) bond motifs is 2. The van der Waals surface area contributed by atoms with Gasteiger partial charge in [0.15, 0.2) is 11.9 Å². The number of aliphatic hydroxyl groups is 2. The second-order valence-corrected chi connectivity index (χ2v) is 10.0. The average Bonchev–Trinajstić information content (AvgIpc) is 3.53. The number of imidazole rings is 2. The first-order valence-electron chi connectivity index (χ1n) is 12.6. The van der Waals surface area contributed by atoms with E-state index in [-0.39, 0.29) is 6.04 Å². The number of unbranched alkanes of at least 4 members (excludes halogenated alkanes) is 1. The van der Waals surface area contributed by atoms with Gasteiger partial charge in [-0.2, -0.15) is 0 Å². The van der Waals surface area contributed by atoms with E-state index in [1.165, 1.54) is 5.56 Å². The highest BCUT2D eigenvalue weighted by Gasteiger charge is 2.45. The summed E-state index contributed by atoms with van der Waals surface area (Å²) in [5, 5.41) is 21.6. The smallest absolute Gasteiger partial charge is 0.165 e.